The average Bonchev–Trinajstić information content (AvgIpc) is 2.76. The molecule has 1 aromatic carbocycles. The van der Waals surface area contributed by atoms with Gasteiger partial charge in [-0.05, 0) is 36.1 Å². The number of sulfone groups is 1. The zero-order chi connectivity index (χ0) is 13.2. The zero-order valence-electron chi connectivity index (χ0n) is 9.79. The number of aryl methyl sites for hydroxylation is 1. The van der Waals surface area contributed by atoms with E-state index in [0.717, 1.165) is 5.56 Å². The molecule has 0 bridgehead atoms. The van der Waals surface area contributed by atoms with E-state index in [2.05, 4.69) is 0 Å². The summed E-state index contributed by atoms with van der Waals surface area (Å²) in [5.41, 5.74) is 1.58. The smallest absolute Gasteiger partial charge is 0.182 e. The molecule has 0 amide bonds. The topological polar surface area (TPSA) is 51.2 Å². The molecular formula is C13H12O3S2. The van der Waals surface area contributed by atoms with Gasteiger partial charge in [-0.25, -0.2) is 8.42 Å². The summed E-state index contributed by atoms with van der Waals surface area (Å²) in [7, 11) is -3.38. The van der Waals surface area contributed by atoms with E-state index in [1.165, 1.54) is 11.3 Å². The van der Waals surface area contributed by atoms with Crippen LogP contribution in [0.4, 0.5) is 0 Å². The number of hydrogen-bond acceptors (Lipinski definition) is 4. The van der Waals surface area contributed by atoms with E-state index < -0.39 is 9.84 Å². The third kappa shape index (κ3) is 2.68. The van der Waals surface area contributed by atoms with Crippen molar-refractivity contribution >= 4 is 27.5 Å². The van der Waals surface area contributed by atoms with E-state index in [4.69, 9.17) is 0 Å². The quantitative estimate of drug-likeness (QED) is 0.809. The Morgan fingerprint density at radius 1 is 1.17 bits per heavy atom. The standard InChI is InChI=1S/C13H12O3S2/c1-10-2-4-12(5-3-10)18(15,16)9-11-6-7-17-13(11)8-14/h2-8H,9H2,1H3. The summed E-state index contributed by atoms with van der Waals surface area (Å²) in [6.07, 6.45) is 0.699. The summed E-state index contributed by atoms with van der Waals surface area (Å²) in [4.78, 5) is 11.5. The van der Waals surface area contributed by atoms with E-state index in [1.54, 1.807) is 35.7 Å². The van der Waals surface area contributed by atoms with Crippen LogP contribution in [0.15, 0.2) is 40.6 Å². The maximum Gasteiger partial charge on any atom is 0.182 e. The van der Waals surface area contributed by atoms with Crippen LogP contribution < -0.4 is 0 Å². The van der Waals surface area contributed by atoms with Crippen LogP contribution in [-0.2, 0) is 15.6 Å². The molecule has 0 aliphatic carbocycles. The molecule has 0 fully saturated rings. The largest absolute Gasteiger partial charge is 0.297 e. The molecule has 0 unspecified atom stereocenters. The van der Waals surface area contributed by atoms with E-state index in [1.807, 2.05) is 6.92 Å². The first-order valence-corrected chi connectivity index (χ1v) is 7.87. The lowest BCUT2D eigenvalue weighted by Gasteiger charge is -2.04. The second-order valence-electron chi connectivity index (χ2n) is 4.00. The first kappa shape index (κ1) is 13.0. The maximum atomic E-state index is 12.2. The summed E-state index contributed by atoms with van der Waals surface area (Å²) < 4.78 is 24.3. The normalized spacial score (nSPS) is 11.4. The second-order valence-corrected chi connectivity index (χ2v) is 6.94. The Morgan fingerprint density at radius 2 is 1.83 bits per heavy atom. The zero-order valence-corrected chi connectivity index (χ0v) is 11.4. The first-order chi connectivity index (χ1) is 8.53. The molecule has 1 heterocycles. The molecule has 0 atom stereocenters. The molecule has 1 aromatic heterocycles. The van der Waals surface area contributed by atoms with E-state index in [-0.39, 0.29) is 10.6 Å². The minimum absolute atomic E-state index is 0.131. The molecule has 94 valence electrons. The molecular weight excluding hydrogens is 268 g/mol. The highest BCUT2D eigenvalue weighted by Gasteiger charge is 2.17. The second kappa shape index (κ2) is 5.04. The van der Waals surface area contributed by atoms with Gasteiger partial charge in [0.1, 0.15) is 0 Å². The van der Waals surface area contributed by atoms with Crippen LogP contribution in [0.25, 0.3) is 0 Å². The van der Waals surface area contributed by atoms with Gasteiger partial charge in [-0.3, -0.25) is 4.79 Å². The predicted molar refractivity (Wildman–Crippen MR) is 71.8 cm³/mol. The number of rotatable bonds is 4. The van der Waals surface area contributed by atoms with Crippen LogP contribution in [0.1, 0.15) is 20.8 Å². The molecule has 0 saturated heterocycles. The van der Waals surface area contributed by atoms with Crippen molar-refractivity contribution in [2.45, 2.75) is 17.6 Å². The van der Waals surface area contributed by atoms with Gasteiger partial charge < -0.3 is 0 Å². The highest BCUT2D eigenvalue weighted by Crippen LogP contribution is 2.21. The molecule has 2 rings (SSSR count). The van der Waals surface area contributed by atoms with Crippen LogP contribution in [0.3, 0.4) is 0 Å². The summed E-state index contributed by atoms with van der Waals surface area (Å²) in [5.74, 6) is -0.131. The number of thiophene rings is 1. The van der Waals surface area contributed by atoms with E-state index >= 15 is 0 Å². The number of hydrogen-bond donors (Lipinski definition) is 0. The van der Waals surface area contributed by atoms with Gasteiger partial charge in [0.15, 0.2) is 16.1 Å². The monoisotopic (exact) mass is 280 g/mol. The van der Waals surface area contributed by atoms with Gasteiger partial charge >= 0.3 is 0 Å². The summed E-state index contributed by atoms with van der Waals surface area (Å²) in [6.45, 7) is 1.90. The maximum absolute atomic E-state index is 12.2. The third-order valence-corrected chi connectivity index (χ3v) is 5.18. The van der Waals surface area contributed by atoms with Crippen LogP contribution in [-0.4, -0.2) is 14.7 Å². The van der Waals surface area contributed by atoms with Crippen molar-refractivity contribution in [1.29, 1.82) is 0 Å². The number of aldehydes is 1. The Morgan fingerprint density at radius 3 is 2.44 bits per heavy atom. The Labute approximate surface area is 110 Å². The molecule has 0 N–H and O–H groups in total. The van der Waals surface area contributed by atoms with Gasteiger partial charge in [-0.2, -0.15) is 0 Å². The lowest BCUT2D eigenvalue weighted by molar-refractivity contribution is 0.112. The molecule has 18 heavy (non-hydrogen) atoms. The third-order valence-electron chi connectivity index (χ3n) is 2.61. The number of carbonyl (C=O) groups excluding carboxylic acids is 1. The van der Waals surface area contributed by atoms with Gasteiger partial charge in [0.2, 0.25) is 0 Å². The molecule has 0 aliphatic rings. The van der Waals surface area contributed by atoms with Gasteiger partial charge in [0.25, 0.3) is 0 Å². The van der Waals surface area contributed by atoms with Gasteiger partial charge in [0.05, 0.1) is 15.5 Å². The van der Waals surface area contributed by atoms with Crippen molar-refractivity contribution < 1.29 is 13.2 Å². The molecule has 0 radical (unpaired) electrons. The Kier molecular flexibility index (Phi) is 3.63. The SMILES string of the molecule is Cc1ccc(S(=O)(=O)Cc2ccsc2C=O)cc1. The Bertz CT molecular complexity index is 652. The fourth-order valence-electron chi connectivity index (χ4n) is 1.60. The lowest BCUT2D eigenvalue weighted by atomic mass is 10.2. The van der Waals surface area contributed by atoms with Crippen LogP contribution in [0.2, 0.25) is 0 Å². The highest BCUT2D eigenvalue weighted by atomic mass is 32.2. The summed E-state index contributed by atoms with van der Waals surface area (Å²) >= 11 is 1.26. The van der Waals surface area contributed by atoms with Gasteiger partial charge in [-0.1, -0.05) is 17.7 Å². The number of benzene rings is 1. The molecule has 0 spiro atoms. The van der Waals surface area contributed by atoms with Crippen molar-refractivity contribution in [2.24, 2.45) is 0 Å². The minimum Gasteiger partial charge on any atom is -0.297 e. The average molecular weight is 280 g/mol. The van der Waals surface area contributed by atoms with Gasteiger partial charge in [0, 0.05) is 0 Å². The number of carbonyl (C=O) groups is 1. The fraction of sp³-hybridized carbons (Fsp3) is 0.154. The van der Waals surface area contributed by atoms with Crippen molar-refractivity contribution in [3.63, 3.8) is 0 Å². The summed E-state index contributed by atoms with van der Waals surface area (Å²) in [6, 6.07) is 8.40. The van der Waals surface area contributed by atoms with Gasteiger partial charge in [-0.15, -0.1) is 11.3 Å². The predicted octanol–water partition coefficient (Wildman–Crippen LogP) is 2.84. The van der Waals surface area contributed by atoms with Crippen molar-refractivity contribution in [3.8, 4) is 0 Å². The van der Waals surface area contributed by atoms with E-state index in [9.17, 15) is 13.2 Å². The fourth-order valence-corrected chi connectivity index (χ4v) is 3.80. The van der Waals surface area contributed by atoms with E-state index in [0.29, 0.717) is 16.7 Å². The van der Waals surface area contributed by atoms with Crippen LogP contribution >= 0.6 is 11.3 Å². The van der Waals surface area contributed by atoms with Crippen molar-refractivity contribution in [2.75, 3.05) is 0 Å². The van der Waals surface area contributed by atoms with Crippen LogP contribution in [0.5, 0.6) is 0 Å². The summed E-state index contributed by atoms with van der Waals surface area (Å²) in [5, 5.41) is 1.73. The molecule has 0 aliphatic heterocycles. The molecule has 3 nitrogen and oxygen atoms in total. The molecule has 5 heteroatoms. The van der Waals surface area contributed by atoms with Crippen molar-refractivity contribution in [1.82, 2.24) is 0 Å². The van der Waals surface area contributed by atoms with Crippen LogP contribution in [0, 0.1) is 6.92 Å². The Hall–Kier alpha value is -1.46. The molecule has 2 aromatic rings. The lowest BCUT2D eigenvalue weighted by Crippen LogP contribution is -2.05. The Balaban J connectivity index is 2.33. The molecule has 0 saturated carbocycles. The first-order valence-electron chi connectivity index (χ1n) is 5.34. The minimum atomic E-state index is -3.38. The highest BCUT2D eigenvalue weighted by molar-refractivity contribution is 7.90. The van der Waals surface area contributed by atoms with Crippen molar-refractivity contribution in [3.05, 3.63) is 51.7 Å².